The second-order valence-corrected chi connectivity index (χ2v) is 5.87. The predicted octanol–water partition coefficient (Wildman–Crippen LogP) is 2.02. The van der Waals surface area contributed by atoms with Crippen molar-refractivity contribution in [2.24, 2.45) is 11.7 Å². The molecule has 2 rings (SSSR count). The van der Waals surface area contributed by atoms with E-state index in [1.165, 1.54) is 0 Å². The molecule has 0 saturated heterocycles. The highest BCUT2D eigenvalue weighted by molar-refractivity contribution is 5.92. The molecule has 1 fully saturated rings. The molecule has 1 saturated carbocycles. The second kappa shape index (κ2) is 8.50. The third-order valence-corrected chi connectivity index (χ3v) is 4.32. The van der Waals surface area contributed by atoms with Crippen LogP contribution in [0.25, 0.3) is 0 Å². The van der Waals surface area contributed by atoms with Crippen LogP contribution in [0.15, 0.2) is 0 Å². The van der Waals surface area contributed by atoms with Crippen LogP contribution in [0.5, 0.6) is 0 Å². The van der Waals surface area contributed by atoms with Crippen molar-refractivity contribution < 1.29 is 9.53 Å². The van der Waals surface area contributed by atoms with Crippen LogP contribution in [0.3, 0.4) is 0 Å². The Balaban J connectivity index is 0.00000242. The minimum atomic E-state index is 0. The smallest absolute Gasteiger partial charge is 0.224 e. The van der Waals surface area contributed by atoms with E-state index in [9.17, 15) is 4.79 Å². The quantitative estimate of drug-likeness (QED) is 0.836. The minimum absolute atomic E-state index is 0. The van der Waals surface area contributed by atoms with Crippen molar-refractivity contribution in [3.8, 4) is 0 Å². The molecule has 0 spiro atoms. The van der Waals surface area contributed by atoms with Gasteiger partial charge in [-0.2, -0.15) is 5.10 Å². The van der Waals surface area contributed by atoms with E-state index in [0.29, 0.717) is 25.5 Å². The van der Waals surface area contributed by atoms with Crippen molar-refractivity contribution in [3.05, 3.63) is 11.4 Å². The number of nitrogens with one attached hydrogen (secondary N) is 1. The fourth-order valence-corrected chi connectivity index (χ4v) is 3.02. The number of carbonyl (C=O) groups excluding carboxylic acids is 1. The number of nitrogens with zero attached hydrogens (tertiary/aromatic N) is 2. The fourth-order valence-electron chi connectivity index (χ4n) is 3.02. The number of anilines is 1. The normalized spacial score (nSPS) is 20.7. The van der Waals surface area contributed by atoms with Crippen molar-refractivity contribution in [1.82, 2.24) is 9.78 Å². The molecule has 7 heteroatoms. The topological polar surface area (TPSA) is 82.2 Å². The molecule has 6 nitrogen and oxygen atoms in total. The van der Waals surface area contributed by atoms with Crippen molar-refractivity contribution in [2.75, 3.05) is 19.0 Å². The van der Waals surface area contributed by atoms with Crippen LogP contribution in [-0.2, 0) is 16.1 Å². The van der Waals surface area contributed by atoms with Gasteiger partial charge in [-0.25, -0.2) is 0 Å². The number of rotatable bonds is 6. The number of aromatic nitrogens is 2. The Kier molecular flexibility index (Phi) is 7.32. The third kappa shape index (κ3) is 4.44. The van der Waals surface area contributed by atoms with Gasteiger partial charge in [0.2, 0.25) is 5.91 Å². The summed E-state index contributed by atoms with van der Waals surface area (Å²) in [5.74, 6) is 0.351. The Labute approximate surface area is 138 Å². The van der Waals surface area contributed by atoms with Crippen molar-refractivity contribution in [1.29, 1.82) is 0 Å². The van der Waals surface area contributed by atoms with Gasteiger partial charge in [0, 0.05) is 19.6 Å². The number of nitrogens with two attached hydrogens (primary N) is 1. The van der Waals surface area contributed by atoms with Crippen LogP contribution < -0.4 is 11.1 Å². The van der Waals surface area contributed by atoms with Crippen LogP contribution in [0, 0.1) is 19.8 Å². The Hall–Kier alpha value is -1.11. The van der Waals surface area contributed by atoms with Gasteiger partial charge >= 0.3 is 0 Å². The number of halogens is 1. The van der Waals surface area contributed by atoms with Crippen LogP contribution >= 0.6 is 12.4 Å². The third-order valence-electron chi connectivity index (χ3n) is 4.32. The monoisotopic (exact) mass is 330 g/mol. The zero-order valence-electron chi connectivity index (χ0n) is 13.6. The SMILES string of the molecule is COCCn1nc(C)c(NC(=O)C[C@@H]2CCC[C@H]2N)c1C.Cl. The standard InChI is InChI=1S/C15H26N4O2.ClH/c1-10-15(11(2)19(18-10)7-8-21-3)17-14(20)9-12-5-4-6-13(12)16;/h12-13H,4-9,16H2,1-3H3,(H,17,20);1H/t12-,13+;/m0./s1. The number of methoxy groups -OCH3 is 1. The van der Waals surface area contributed by atoms with E-state index < -0.39 is 0 Å². The number of carbonyl (C=O) groups is 1. The number of ether oxygens (including phenoxy) is 1. The first-order chi connectivity index (χ1) is 10.0. The highest BCUT2D eigenvalue weighted by Gasteiger charge is 2.26. The minimum Gasteiger partial charge on any atom is -0.383 e. The average molecular weight is 331 g/mol. The van der Waals surface area contributed by atoms with Gasteiger partial charge in [0.1, 0.15) is 0 Å². The first-order valence-electron chi connectivity index (χ1n) is 7.61. The van der Waals surface area contributed by atoms with Gasteiger partial charge in [-0.05, 0) is 32.6 Å². The number of aryl methyl sites for hydroxylation is 1. The molecule has 1 heterocycles. The van der Waals surface area contributed by atoms with Gasteiger partial charge in [-0.15, -0.1) is 12.4 Å². The van der Waals surface area contributed by atoms with Gasteiger partial charge < -0.3 is 15.8 Å². The van der Waals surface area contributed by atoms with Crippen molar-refractivity contribution >= 4 is 24.0 Å². The van der Waals surface area contributed by atoms with Crippen molar-refractivity contribution in [3.63, 3.8) is 0 Å². The van der Waals surface area contributed by atoms with E-state index in [-0.39, 0.29) is 24.4 Å². The fraction of sp³-hybridized carbons (Fsp3) is 0.733. The summed E-state index contributed by atoms with van der Waals surface area (Å²) in [7, 11) is 1.67. The van der Waals surface area contributed by atoms with Gasteiger partial charge in [0.15, 0.2) is 0 Å². The van der Waals surface area contributed by atoms with E-state index in [2.05, 4.69) is 10.4 Å². The Morgan fingerprint density at radius 3 is 2.77 bits per heavy atom. The molecular weight excluding hydrogens is 304 g/mol. The van der Waals surface area contributed by atoms with E-state index in [4.69, 9.17) is 10.5 Å². The Morgan fingerprint density at radius 2 is 2.18 bits per heavy atom. The lowest BCUT2D eigenvalue weighted by Gasteiger charge is -2.15. The molecular formula is C15H27ClN4O2. The molecule has 1 aliphatic rings. The van der Waals surface area contributed by atoms with Crippen LogP contribution in [-0.4, -0.2) is 35.4 Å². The van der Waals surface area contributed by atoms with Gasteiger partial charge in [0.25, 0.3) is 0 Å². The van der Waals surface area contributed by atoms with Gasteiger partial charge in [-0.3, -0.25) is 9.48 Å². The van der Waals surface area contributed by atoms with Crippen LogP contribution in [0.4, 0.5) is 5.69 Å². The summed E-state index contributed by atoms with van der Waals surface area (Å²) in [4.78, 5) is 12.2. The van der Waals surface area contributed by atoms with E-state index in [1.54, 1.807) is 7.11 Å². The Morgan fingerprint density at radius 1 is 1.45 bits per heavy atom. The molecule has 1 aliphatic carbocycles. The first-order valence-corrected chi connectivity index (χ1v) is 7.61. The summed E-state index contributed by atoms with van der Waals surface area (Å²) in [5.41, 5.74) is 8.66. The number of hydrogen-bond acceptors (Lipinski definition) is 4. The summed E-state index contributed by atoms with van der Waals surface area (Å²) >= 11 is 0. The van der Waals surface area contributed by atoms with E-state index in [0.717, 1.165) is 36.3 Å². The molecule has 126 valence electrons. The summed E-state index contributed by atoms with van der Waals surface area (Å²) < 4.78 is 6.94. The predicted molar refractivity (Wildman–Crippen MR) is 89.4 cm³/mol. The lowest BCUT2D eigenvalue weighted by Crippen LogP contribution is -2.28. The average Bonchev–Trinajstić information content (AvgIpc) is 2.95. The largest absolute Gasteiger partial charge is 0.383 e. The van der Waals surface area contributed by atoms with Crippen LogP contribution in [0.2, 0.25) is 0 Å². The highest BCUT2D eigenvalue weighted by atomic mass is 35.5. The molecule has 0 radical (unpaired) electrons. The number of hydrogen-bond donors (Lipinski definition) is 2. The maximum atomic E-state index is 12.2. The Bertz CT molecular complexity index is 504. The van der Waals surface area contributed by atoms with E-state index >= 15 is 0 Å². The summed E-state index contributed by atoms with van der Waals surface area (Å²) in [5, 5.41) is 7.45. The zero-order valence-corrected chi connectivity index (χ0v) is 14.4. The second-order valence-electron chi connectivity index (χ2n) is 5.87. The van der Waals surface area contributed by atoms with Gasteiger partial charge in [0.05, 0.1) is 30.2 Å². The highest BCUT2D eigenvalue weighted by Crippen LogP contribution is 2.28. The maximum absolute atomic E-state index is 12.2. The molecule has 3 N–H and O–H groups in total. The molecule has 0 aliphatic heterocycles. The molecule has 2 atom stereocenters. The maximum Gasteiger partial charge on any atom is 0.224 e. The molecule has 1 aromatic heterocycles. The molecule has 1 amide bonds. The number of amides is 1. The lowest BCUT2D eigenvalue weighted by atomic mass is 10.00. The molecule has 22 heavy (non-hydrogen) atoms. The lowest BCUT2D eigenvalue weighted by molar-refractivity contribution is -0.117. The molecule has 1 aromatic rings. The van der Waals surface area contributed by atoms with E-state index in [1.807, 2.05) is 18.5 Å². The van der Waals surface area contributed by atoms with Gasteiger partial charge in [-0.1, -0.05) is 6.42 Å². The summed E-state index contributed by atoms with van der Waals surface area (Å²) in [6.45, 7) is 5.17. The summed E-state index contributed by atoms with van der Waals surface area (Å²) in [6.07, 6.45) is 3.72. The zero-order chi connectivity index (χ0) is 15.4. The first kappa shape index (κ1) is 18.9. The summed E-state index contributed by atoms with van der Waals surface area (Å²) in [6, 6.07) is 0.169. The van der Waals surface area contributed by atoms with Crippen LogP contribution in [0.1, 0.15) is 37.1 Å². The molecule has 0 aromatic carbocycles. The molecule has 0 unspecified atom stereocenters. The van der Waals surface area contributed by atoms with Crippen molar-refractivity contribution in [2.45, 2.75) is 52.1 Å². The molecule has 0 bridgehead atoms.